The lowest BCUT2D eigenvalue weighted by atomic mass is 10.1. The molecule has 1 saturated heterocycles. The molecule has 0 unspecified atom stereocenters. The van der Waals surface area contributed by atoms with Gasteiger partial charge in [0.15, 0.2) is 16.7 Å². The molecule has 0 aromatic heterocycles. The van der Waals surface area contributed by atoms with Crippen LogP contribution in [-0.2, 0) is 11.3 Å². The molecule has 3 aromatic carbocycles. The third-order valence-corrected chi connectivity index (χ3v) is 6.45. The van der Waals surface area contributed by atoms with E-state index < -0.39 is 5.97 Å². The molecule has 0 atom stereocenters. The van der Waals surface area contributed by atoms with Crippen molar-refractivity contribution in [3.05, 3.63) is 88.3 Å². The molecule has 3 aromatic rings. The number of ether oxygens (including phenoxy) is 3. The van der Waals surface area contributed by atoms with Crippen molar-refractivity contribution in [3.63, 3.8) is 0 Å². The maximum absolute atomic E-state index is 13.5. The van der Waals surface area contributed by atoms with E-state index in [1.165, 1.54) is 23.9 Å². The Morgan fingerprint density at radius 1 is 0.972 bits per heavy atom. The SMILES string of the molecule is COc1ccc(N=C2S/C(=C\c3cccc(OC)c3OC)C(=O)N2Cc2ccc(C(=O)O)cc2)cc1. The predicted octanol–water partition coefficient (Wildman–Crippen LogP) is 5.21. The van der Waals surface area contributed by atoms with E-state index in [4.69, 9.17) is 19.2 Å². The van der Waals surface area contributed by atoms with E-state index in [1.54, 1.807) is 62.6 Å². The summed E-state index contributed by atoms with van der Waals surface area (Å²) in [7, 11) is 4.70. The van der Waals surface area contributed by atoms with Crippen molar-refractivity contribution in [2.75, 3.05) is 21.3 Å². The third kappa shape index (κ3) is 5.36. The van der Waals surface area contributed by atoms with Crippen molar-refractivity contribution in [1.29, 1.82) is 0 Å². The summed E-state index contributed by atoms with van der Waals surface area (Å²) in [5, 5.41) is 9.68. The van der Waals surface area contributed by atoms with Gasteiger partial charge in [0.2, 0.25) is 0 Å². The van der Waals surface area contributed by atoms with Crippen molar-refractivity contribution < 1.29 is 28.9 Å². The molecule has 1 fully saturated rings. The van der Waals surface area contributed by atoms with Crippen molar-refractivity contribution in [1.82, 2.24) is 4.90 Å². The van der Waals surface area contributed by atoms with E-state index in [2.05, 4.69) is 0 Å². The average Bonchev–Trinajstić information content (AvgIpc) is 3.18. The molecule has 4 rings (SSSR count). The van der Waals surface area contributed by atoms with Crippen LogP contribution in [-0.4, -0.2) is 48.4 Å². The number of carbonyl (C=O) groups is 2. The Kier molecular flexibility index (Phi) is 7.60. The highest BCUT2D eigenvalue weighted by molar-refractivity contribution is 8.18. The second kappa shape index (κ2) is 11.0. The Bertz CT molecular complexity index is 1330. The molecule has 0 saturated carbocycles. The molecular formula is C27H24N2O6S. The number of carboxylic acid groups (broad SMARTS) is 1. The van der Waals surface area contributed by atoms with E-state index in [1.807, 2.05) is 24.3 Å². The van der Waals surface area contributed by atoms with Crippen LogP contribution in [0.3, 0.4) is 0 Å². The molecule has 9 heteroatoms. The number of amidine groups is 1. The van der Waals surface area contributed by atoms with Gasteiger partial charge in [0.1, 0.15) is 5.75 Å². The molecule has 1 heterocycles. The minimum atomic E-state index is -1.01. The summed E-state index contributed by atoms with van der Waals surface area (Å²) in [6, 6.07) is 19.1. The monoisotopic (exact) mass is 504 g/mol. The number of hydrogen-bond acceptors (Lipinski definition) is 7. The summed E-state index contributed by atoms with van der Waals surface area (Å²) >= 11 is 1.25. The van der Waals surface area contributed by atoms with Crippen LogP contribution in [0.25, 0.3) is 6.08 Å². The fourth-order valence-corrected chi connectivity index (χ4v) is 4.59. The number of para-hydroxylation sites is 1. The van der Waals surface area contributed by atoms with Crippen molar-refractivity contribution >= 4 is 40.6 Å². The molecule has 36 heavy (non-hydrogen) atoms. The molecule has 8 nitrogen and oxygen atoms in total. The van der Waals surface area contributed by atoms with E-state index in [9.17, 15) is 14.7 Å². The molecule has 0 radical (unpaired) electrons. The number of benzene rings is 3. The molecule has 1 aliphatic rings. The maximum atomic E-state index is 13.5. The van der Waals surface area contributed by atoms with Gasteiger partial charge >= 0.3 is 5.97 Å². The Morgan fingerprint density at radius 2 is 1.69 bits per heavy atom. The molecule has 184 valence electrons. The topological polar surface area (TPSA) is 97.7 Å². The highest BCUT2D eigenvalue weighted by Crippen LogP contribution is 2.38. The van der Waals surface area contributed by atoms with Gasteiger partial charge in [-0.15, -0.1) is 0 Å². The number of methoxy groups -OCH3 is 3. The van der Waals surface area contributed by atoms with Crippen molar-refractivity contribution in [2.24, 2.45) is 4.99 Å². The largest absolute Gasteiger partial charge is 0.497 e. The third-order valence-electron chi connectivity index (χ3n) is 5.45. The Balaban J connectivity index is 1.72. The summed E-state index contributed by atoms with van der Waals surface area (Å²) < 4.78 is 16.1. The molecule has 0 aliphatic carbocycles. The zero-order valence-corrected chi connectivity index (χ0v) is 20.7. The first-order valence-electron chi connectivity index (χ1n) is 10.9. The fraction of sp³-hybridized carbons (Fsp3) is 0.148. The van der Waals surface area contributed by atoms with Crippen molar-refractivity contribution in [2.45, 2.75) is 6.54 Å². The highest BCUT2D eigenvalue weighted by atomic mass is 32.2. The summed E-state index contributed by atoms with van der Waals surface area (Å²) in [6.45, 7) is 0.229. The fourth-order valence-electron chi connectivity index (χ4n) is 3.60. The number of aliphatic imine (C=N–C) groups is 1. The van der Waals surface area contributed by atoms with Crippen LogP contribution in [0.5, 0.6) is 17.2 Å². The van der Waals surface area contributed by atoms with Crippen molar-refractivity contribution in [3.8, 4) is 17.2 Å². The summed E-state index contributed by atoms with van der Waals surface area (Å²) in [4.78, 5) is 31.5. The standard InChI is InChI=1S/C27H24N2O6S/c1-33-21-13-11-20(12-14-21)28-27-29(16-17-7-9-18(10-8-17)26(31)32)25(30)23(36-27)15-19-5-4-6-22(34-2)24(19)35-3/h4-15H,16H2,1-3H3,(H,31,32)/b23-15-,28-27?. The number of nitrogens with zero attached hydrogens (tertiary/aromatic N) is 2. The van der Waals surface area contributed by atoms with Crippen LogP contribution in [0.1, 0.15) is 21.5 Å². The van der Waals surface area contributed by atoms with Gasteiger partial charge in [-0.3, -0.25) is 9.69 Å². The van der Waals surface area contributed by atoms with Crippen LogP contribution < -0.4 is 14.2 Å². The van der Waals surface area contributed by atoms with Crippen LogP contribution in [0.2, 0.25) is 0 Å². The number of amides is 1. The lowest BCUT2D eigenvalue weighted by Crippen LogP contribution is -2.28. The predicted molar refractivity (Wildman–Crippen MR) is 139 cm³/mol. The molecule has 0 bridgehead atoms. The highest BCUT2D eigenvalue weighted by Gasteiger charge is 2.34. The molecule has 0 spiro atoms. The first kappa shape index (κ1) is 24.9. The van der Waals surface area contributed by atoms with Gasteiger partial charge in [-0.2, -0.15) is 0 Å². The first-order valence-corrected chi connectivity index (χ1v) is 11.7. The van der Waals surface area contributed by atoms with Crippen LogP contribution >= 0.6 is 11.8 Å². The van der Waals surface area contributed by atoms with Crippen LogP contribution in [0.4, 0.5) is 5.69 Å². The van der Waals surface area contributed by atoms with E-state index in [-0.39, 0.29) is 18.0 Å². The Hall–Kier alpha value is -4.24. The number of hydrogen-bond donors (Lipinski definition) is 1. The number of carbonyl (C=O) groups excluding carboxylic acids is 1. The zero-order valence-electron chi connectivity index (χ0n) is 19.9. The lowest BCUT2D eigenvalue weighted by Gasteiger charge is -2.16. The van der Waals surface area contributed by atoms with Crippen LogP contribution in [0, 0.1) is 0 Å². The average molecular weight is 505 g/mol. The number of thioether (sulfide) groups is 1. The minimum Gasteiger partial charge on any atom is -0.497 e. The second-order valence-corrected chi connectivity index (χ2v) is 8.69. The van der Waals surface area contributed by atoms with Crippen LogP contribution in [0.15, 0.2) is 76.6 Å². The van der Waals surface area contributed by atoms with Gasteiger partial charge < -0.3 is 19.3 Å². The molecule has 1 N–H and O–H groups in total. The smallest absolute Gasteiger partial charge is 0.335 e. The normalized spacial score (nSPS) is 15.4. The lowest BCUT2D eigenvalue weighted by molar-refractivity contribution is -0.122. The van der Waals surface area contributed by atoms with Gasteiger partial charge in [-0.05, 0) is 65.9 Å². The van der Waals surface area contributed by atoms with Gasteiger partial charge in [0.25, 0.3) is 5.91 Å². The maximum Gasteiger partial charge on any atom is 0.335 e. The minimum absolute atomic E-state index is 0.179. The van der Waals surface area contributed by atoms with E-state index in [0.717, 1.165) is 5.56 Å². The van der Waals surface area contributed by atoms with Gasteiger partial charge in [0, 0.05) is 5.56 Å². The molecule has 1 amide bonds. The van der Waals surface area contributed by atoms with E-state index >= 15 is 0 Å². The number of aromatic carboxylic acids is 1. The van der Waals surface area contributed by atoms with Gasteiger partial charge in [-0.1, -0.05) is 24.3 Å². The Labute approximate surface area is 212 Å². The molecular weight excluding hydrogens is 480 g/mol. The summed E-state index contributed by atoms with van der Waals surface area (Å²) in [5.41, 5.74) is 2.32. The van der Waals surface area contributed by atoms with E-state index in [0.29, 0.717) is 38.6 Å². The summed E-state index contributed by atoms with van der Waals surface area (Å²) in [6.07, 6.45) is 1.76. The molecule has 1 aliphatic heterocycles. The first-order chi connectivity index (χ1) is 17.4. The van der Waals surface area contributed by atoms with Gasteiger partial charge in [0.05, 0.1) is 44.0 Å². The van der Waals surface area contributed by atoms with Gasteiger partial charge in [-0.25, -0.2) is 9.79 Å². The Morgan fingerprint density at radius 3 is 2.31 bits per heavy atom. The number of carboxylic acids is 1. The zero-order chi connectivity index (χ0) is 25.7. The quantitative estimate of drug-likeness (QED) is 0.420. The second-order valence-electron chi connectivity index (χ2n) is 7.68. The summed E-state index contributed by atoms with van der Waals surface area (Å²) in [5.74, 6) is 0.560. The number of rotatable bonds is 8.